The molecule has 0 saturated heterocycles. The number of hydrogen-bond acceptors (Lipinski definition) is 2. The highest BCUT2D eigenvalue weighted by Crippen LogP contribution is 2.16. The van der Waals surface area contributed by atoms with Crippen LogP contribution in [0.3, 0.4) is 0 Å². The summed E-state index contributed by atoms with van der Waals surface area (Å²) in [5.74, 6) is -0.644. The molecule has 23 heavy (non-hydrogen) atoms. The van der Waals surface area contributed by atoms with Gasteiger partial charge < -0.3 is 4.90 Å². The van der Waals surface area contributed by atoms with Gasteiger partial charge in [-0.05, 0) is 17.5 Å². The molecule has 0 saturated carbocycles. The van der Waals surface area contributed by atoms with Gasteiger partial charge in [0.15, 0.2) is 0 Å². The monoisotopic (exact) mass is 306 g/mol. The lowest BCUT2D eigenvalue weighted by molar-refractivity contribution is -0.135. The van der Waals surface area contributed by atoms with Crippen LogP contribution in [0.1, 0.15) is 30.9 Å². The summed E-state index contributed by atoms with van der Waals surface area (Å²) in [6, 6.07) is 22.0. The first-order valence-electron chi connectivity index (χ1n) is 8.00. The van der Waals surface area contributed by atoms with E-state index in [9.17, 15) is 10.1 Å². The van der Waals surface area contributed by atoms with Crippen molar-refractivity contribution in [2.45, 2.75) is 32.9 Å². The SMILES string of the molecule is CCCC(C#N)C(=O)N(Cc1ccccc1)Cc1ccccc1. The summed E-state index contributed by atoms with van der Waals surface area (Å²) in [6.07, 6.45) is 1.43. The molecule has 1 amide bonds. The average molecular weight is 306 g/mol. The van der Waals surface area contributed by atoms with E-state index in [4.69, 9.17) is 0 Å². The molecule has 0 heterocycles. The Balaban J connectivity index is 2.20. The standard InChI is InChI=1S/C20H22N2O/c1-2-9-19(14-21)20(23)22(15-17-10-5-3-6-11-17)16-18-12-7-4-8-13-18/h3-8,10-13,19H,2,9,15-16H2,1H3. The van der Waals surface area contributed by atoms with Gasteiger partial charge in [-0.25, -0.2) is 0 Å². The molecule has 0 radical (unpaired) electrons. The van der Waals surface area contributed by atoms with Crippen molar-refractivity contribution in [2.75, 3.05) is 0 Å². The molecule has 2 aromatic rings. The molecule has 1 atom stereocenters. The number of hydrogen-bond donors (Lipinski definition) is 0. The van der Waals surface area contributed by atoms with Crippen LogP contribution in [0.2, 0.25) is 0 Å². The zero-order valence-corrected chi connectivity index (χ0v) is 13.5. The summed E-state index contributed by atoms with van der Waals surface area (Å²) in [6.45, 7) is 3.04. The third-order valence-electron chi connectivity index (χ3n) is 3.78. The molecule has 0 bridgehead atoms. The zero-order chi connectivity index (χ0) is 16.5. The molecule has 0 aromatic heterocycles. The van der Waals surface area contributed by atoms with Gasteiger partial charge in [0.25, 0.3) is 0 Å². The molecule has 0 N–H and O–H groups in total. The molecule has 0 fully saturated rings. The molecular weight excluding hydrogens is 284 g/mol. The fourth-order valence-electron chi connectivity index (χ4n) is 2.57. The second kappa shape index (κ2) is 8.75. The van der Waals surface area contributed by atoms with Gasteiger partial charge in [-0.15, -0.1) is 0 Å². The minimum atomic E-state index is -0.563. The summed E-state index contributed by atoms with van der Waals surface area (Å²) in [5, 5.41) is 9.31. The maximum absolute atomic E-state index is 12.8. The summed E-state index contributed by atoms with van der Waals surface area (Å²) in [5.41, 5.74) is 2.15. The number of carbonyl (C=O) groups is 1. The van der Waals surface area contributed by atoms with E-state index >= 15 is 0 Å². The molecule has 2 rings (SSSR count). The number of rotatable bonds is 7. The second-order valence-electron chi connectivity index (χ2n) is 5.64. The predicted molar refractivity (Wildman–Crippen MR) is 91.1 cm³/mol. The Bertz CT molecular complexity index is 605. The van der Waals surface area contributed by atoms with Crippen LogP contribution < -0.4 is 0 Å². The van der Waals surface area contributed by atoms with Crippen molar-refractivity contribution in [3.8, 4) is 6.07 Å². The molecule has 2 aromatic carbocycles. The lowest BCUT2D eigenvalue weighted by Gasteiger charge is -2.25. The third kappa shape index (κ3) is 4.96. The normalized spacial score (nSPS) is 11.5. The first-order valence-corrected chi connectivity index (χ1v) is 8.00. The van der Waals surface area contributed by atoms with Crippen molar-refractivity contribution >= 4 is 5.91 Å². The van der Waals surface area contributed by atoms with Gasteiger partial charge in [-0.3, -0.25) is 4.79 Å². The maximum Gasteiger partial charge on any atom is 0.240 e. The Morgan fingerprint density at radius 3 is 1.87 bits per heavy atom. The van der Waals surface area contributed by atoms with Crippen molar-refractivity contribution in [3.05, 3.63) is 71.8 Å². The van der Waals surface area contributed by atoms with Gasteiger partial charge in [0.05, 0.1) is 6.07 Å². The molecule has 118 valence electrons. The van der Waals surface area contributed by atoms with E-state index in [0.29, 0.717) is 19.5 Å². The topological polar surface area (TPSA) is 44.1 Å². The van der Waals surface area contributed by atoms with Crippen molar-refractivity contribution < 1.29 is 4.79 Å². The highest BCUT2D eigenvalue weighted by atomic mass is 16.2. The minimum absolute atomic E-state index is 0.0814. The first-order chi connectivity index (χ1) is 11.2. The van der Waals surface area contributed by atoms with Crippen LogP contribution >= 0.6 is 0 Å². The third-order valence-corrected chi connectivity index (χ3v) is 3.78. The van der Waals surface area contributed by atoms with E-state index in [1.165, 1.54) is 0 Å². The van der Waals surface area contributed by atoms with Gasteiger partial charge in [-0.1, -0.05) is 74.0 Å². The van der Waals surface area contributed by atoms with E-state index in [1.54, 1.807) is 4.90 Å². The Morgan fingerprint density at radius 1 is 1.00 bits per heavy atom. The first kappa shape index (κ1) is 16.8. The average Bonchev–Trinajstić information content (AvgIpc) is 2.60. The highest BCUT2D eigenvalue weighted by molar-refractivity contribution is 5.81. The lowest BCUT2D eigenvalue weighted by Crippen LogP contribution is -2.34. The fourth-order valence-corrected chi connectivity index (χ4v) is 2.57. The number of carbonyl (C=O) groups excluding carboxylic acids is 1. The van der Waals surface area contributed by atoms with Crippen molar-refractivity contribution in [2.24, 2.45) is 5.92 Å². The molecule has 3 nitrogen and oxygen atoms in total. The van der Waals surface area contributed by atoms with E-state index in [2.05, 4.69) is 6.07 Å². The van der Waals surface area contributed by atoms with E-state index in [-0.39, 0.29) is 5.91 Å². The van der Waals surface area contributed by atoms with E-state index in [1.807, 2.05) is 67.6 Å². The minimum Gasteiger partial charge on any atom is -0.333 e. The van der Waals surface area contributed by atoms with Crippen LogP contribution in [0.5, 0.6) is 0 Å². The van der Waals surface area contributed by atoms with Gasteiger partial charge in [0.2, 0.25) is 5.91 Å². The quantitative estimate of drug-likeness (QED) is 0.771. The van der Waals surface area contributed by atoms with Crippen LogP contribution in [0.25, 0.3) is 0 Å². The molecule has 0 aliphatic heterocycles. The number of nitriles is 1. The van der Waals surface area contributed by atoms with Gasteiger partial charge in [-0.2, -0.15) is 5.26 Å². The van der Waals surface area contributed by atoms with Crippen molar-refractivity contribution in [1.29, 1.82) is 5.26 Å². The molecule has 1 unspecified atom stereocenters. The van der Waals surface area contributed by atoms with Crippen LogP contribution in [-0.2, 0) is 17.9 Å². The number of nitrogens with zero attached hydrogens (tertiary/aromatic N) is 2. The largest absolute Gasteiger partial charge is 0.333 e. The summed E-state index contributed by atoms with van der Waals surface area (Å²) < 4.78 is 0. The molecule has 3 heteroatoms. The molecular formula is C20H22N2O. The fraction of sp³-hybridized carbons (Fsp3) is 0.300. The molecule has 0 spiro atoms. The number of amides is 1. The van der Waals surface area contributed by atoms with Crippen LogP contribution in [-0.4, -0.2) is 10.8 Å². The Hall–Kier alpha value is -2.60. The van der Waals surface area contributed by atoms with Crippen molar-refractivity contribution in [1.82, 2.24) is 4.90 Å². The van der Waals surface area contributed by atoms with Gasteiger partial charge >= 0.3 is 0 Å². The summed E-state index contributed by atoms with van der Waals surface area (Å²) >= 11 is 0. The Morgan fingerprint density at radius 2 is 1.48 bits per heavy atom. The van der Waals surface area contributed by atoms with Crippen LogP contribution in [0.15, 0.2) is 60.7 Å². The Kier molecular flexibility index (Phi) is 6.38. The zero-order valence-electron chi connectivity index (χ0n) is 13.5. The summed E-state index contributed by atoms with van der Waals surface area (Å²) in [7, 11) is 0. The predicted octanol–water partition coefficient (Wildman–Crippen LogP) is 4.16. The van der Waals surface area contributed by atoms with Gasteiger partial charge in [0, 0.05) is 13.1 Å². The van der Waals surface area contributed by atoms with Crippen molar-refractivity contribution in [3.63, 3.8) is 0 Å². The van der Waals surface area contributed by atoms with Gasteiger partial charge in [0.1, 0.15) is 5.92 Å². The van der Waals surface area contributed by atoms with Crippen LogP contribution in [0.4, 0.5) is 0 Å². The second-order valence-corrected chi connectivity index (χ2v) is 5.64. The van der Waals surface area contributed by atoms with E-state index in [0.717, 1.165) is 17.5 Å². The lowest BCUT2D eigenvalue weighted by atomic mass is 10.0. The Labute approximate surface area is 138 Å². The number of benzene rings is 2. The highest BCUT2D eigenvalue weighted by Gasteiger charge is 2.23. The molecule has 0 aliphatic rings. The van der Waals surface area contributed by atoms with E-state index < -0.39 is 5.92 Å². The van der Waals surface area contributed by atoms with Crippen LogP contribution in [0, 0.1) is 17.2 Å². The maximum atomic E-state index is 12.8. The smallest absolute Gasteiger partial charge is 0.240 e. The summed E-state index contributed by atoms with van der Waals surface area (Å²) in [4.78, 5) is 14.6. The molecule has 0 aliphatic carbocycles.